The van der Waals surface area contributed by atoms with Gasteiger partial charge in [-0.3, -0.25) is 0 Å². The lowest BCUT2D eigenvalue weighted by Crippen LogP contribution is -2.20. The van der Waals surface area contributed by atoms with Crippen LogP contribution in [-0.4, -0.2) is 19.6 Å². The Hall–Kier alpha value is -1.16. The van der Waals surface area contributed by atoms with Crippen molar-refractivity contribution in [3.63, 3.8) is 0 Å². The van der Waals surface area contributed by atoms with Crippen LogP contribution in [-0.2, 0) is 6.54 Å². The number of nitrogens with one attached hydrogen (secondary N) is 1. The Kier molecular flexibility index (Phi) is 6.05. The first-order valence-corrected chi connectivity index (χ1v) is 6.21. The smallest absolute Gasteiger partial charge is 0.272 e. The molecule has 1 N–H and O–H groups in total. The van der Waals surface area contributed by atoms with Gasteiger partial charge in [-0.15, -0.1) is 0 Å². The highest BCUT2D eigenvalue weighted by molar-refractivity contribution is 5.40. The van der Waals surface area contributed by atoms with Gasteiger partial charge >= 0.3 is 0 Å². The van der Waals surface area contributed by atoms with E-state index in [2.05, 4.69) is 19.2 Å². The molecular formula is C14H21F2NO. The number of aryl methyl sites for hydroxylation is 1. The predicted molar refractivity (Wildman–Crippen MR) is 69.2 cm³/mol. The molecule has 0 radical (unpaired) electrons. The fourth-order valence-corrected chi connectivity index (χ4v) is 1.70. The Morgan fingerprint density at radius 1 is 1.28 bits per heavy atom. The average molecular weight is 257 g/mol. The summed E-state index contributed by atoms with van der Waals surface area (Å²) in [5.74, 6) is 1.13. The van der Waals surface area contributed by atoms with Gasteiger partial charge in [-0.2, -0.15) is 0 Å². The number of alkyl halides is 2. The molecule has 102 valence electrons. The highest BCUT2D eigenvalue weighted by atomic mass is 19.3. The zero-order chi connectivity index (χ0) is 13.5. The van der Waals surface area contributed by atoms with Crippen LogP contribution in [0.4, 0.5) is 8.78 Å². The van der Waals surface area contributed by atoms with Crippen molar-refractivity contribution in [2.24, 2.45) is 5.92 Å². The zero-order valence-electron chi connectivity index (χ0n) is 11.2. The maximum Gasteiger partial charge on any atom is 0.272 e. The first-order chi connectivity index (χ1) is 8.50. The van der Waals surface area contributed by atoms with E-state index in [-0.39, 0.29) is 0 Å². The van der Waals surface area contributed by atoms with E-state index in [9.17, 15) is 8.78 Å². The molecule has 0 saturated heterocycles. The summed E-state index contributed by atoms with van der Waals surface area (Å²) in [5, 5.41) is 3.29. The van der Waals surface area contributed by atoms with Crippen molar-refractivity contribution in [1.82, 2.24) is 5.32 Å². The molecule has 0 aliphatic heterocycles. The van der Waals surface area contributed by atoms with Gasteiger partial charge in [0, 0.05) is 12.1 Å². The van der Waals surface area contributed by atoms with Gasteiger partial charge in [0.15, 0.2) is 0 Å². The standard InChI is InChI=1S/C14H21F2NO/c1-10(2)7-17-8-12-6-4-5-11(3)14(12)18-9-13(15)16/h4-6,10,13,17H,7-9H2,1-3H3. The second-order valence-electron chi connectivity index (χ2n) is 4.79. The third-order valence-corrected chi connectivity index (χ3v) is 2.52. The zero-order valence-corrected chi connectivity index (χ0v) is 11.2. The van der Waals surface area contributed by atoms with Crippen LogP contribution in [0.3, 0.4) is 0 Å². The van der Waals surface area contributed by atoms with Crippen LogP contribution in [0.1, 0.15) is 25.0 Å². The molecule has 0 saturated carbocycles. The van der Waals surface area contributed by atoms with Gasteiger partial charge < -0.3 is 10.1 Å². The molecule has 0 fully saturated rings. The molecule has 1 aromatic carbocycles. The fourth-order valence-electron chi connectivity index (χ4n) is 1.70. The highest BCUT2D eigenvalue weighted by Gasteiger charge is 2.10. The average Bonchev–Trinajstić information content (AvgIpc) is 2.27. The first-order valence-electron chi connectivity index (χ1n) is 6.21. The summed E-state index contributed by atoms with van der Waals surface area (Å²) in [6.45, 7) is 7.09. The van der Waals surface area contributed by atoms with E-state index in [4.69, 9.17) is 4.74 Å². The van der Waals surface area contributed by atoms with Gasteiger partial charge in [0.1, 0.15) is 12.4 Å². The van der Waals surface area contributed by atoms with Gasteiger partial charge in [-0.05, 0) is 24.9 Å². The number of para-hydroxylation sites is 1. The third-order valence-electron chi connectivity index (χ3n) is 2.52. The number of rotatable bonds is 7. The van der Waals surface area contributed by atoms with E-state index >= 15 is 0 Å². The second kappa shape index (κ2) is 7.31. The Balaban J connectivity index is 2.67. The van der Waals surface area contributed by atoms with Gasteiger partial charge in [-0.1, -0.05) is 32.0 Å². The summed E-state index contributed by atoms with van der Waals surface area (Å²) >= 11 is 0. The number of halogens is 2. The van der Waals surface area contributed by atoms with Crippen molar-refractivity contribution in [3.05, 3.63) is 29.3 Å². The molecule has 0 aromatic heterocycles. The van der Waals surface area contributed by atoms with Gasteiger partial charge in [0.25, 0.3) is 6.43 Å². The van der Waals surface area contributed by atoms with Crippen LogP contribution in [0.25, 0.3) is 0 Å². The minimum atomic E-state index is -2.44. The summed E-state index contributed by atoms with van der Waals surface area (Å²) in [5.41, 5.74) is 1.82. The number of ether oxygens (including phenoxy) is 1. The molecule has 0 unspecified atom stereocenters. The van der Waals surface area contributed by atoms with Crippen LogP contribution >= 0.6 is 0 Å². The molecule has 0 bridgehead atoms. The lowest BCUT2D eigenvalue weighted by atomic mass is 10.1. The highest BCUT2D eigenvalue weighted by Crippen LogP contribution is 2.23. The van der Waals surface area contributed by atoms with Crippen LogP contribution in [0.5, 0.6) is 5.75 Å². The Morgan fingerprint density at radius 3 is 2.61 bits per heavy atom. The molecule has 2 nitrogen and oxygen atoms in total. The fraction of sp³-hybridized carbons (Fsp3) is 0.571. The SMILES string of the molecule is Cc1cccc(CNCC(C)C)c1OCC(F)F. The number of benzene rings is 1. The van der Waals surface area contributed by atoms with E-state index in [0.717, 1.165) is 17.7 Å². The van der Waals surface area contributed by atoms with Gasteiger partial charge in [-0.25, -0.2) is 8.78 Å². The molecule has 1 aromatic rings. The quantitative estimate of drug-likeness (QED) is 0.808. The number of hydrogen-bond acceptors (Lipinski definition) is 2. The molecule has 0 atom stereocenters. The van der Waals surface area contributed by atoms with Crippen LogP contribution < -0.4 is 10.1 Å². The molecule has 0 aliphatic rings. The third kappa shape index (κ3) is 5.00. The molecule has 0 amide bonds. The van der Waals surface area contributed by atoms with Crippen molar-refractivity contribution >= 4 is 0 Å². The molecule has 0 aliphatic carbocycles. The minimum Gasteiger partial charge on any atom is -0.487 e. The molecule has 0 heterocycles. The molecule has 1 rings (SSSR count). The van der Waals surface area contributed by atoms with Gasteiger partial charge in [0.2, 0.25) is 0 Å². The van der Waals surface area contributed by atoms with E-state index in [1.54, 1.807) is 0 Å². The van der Waals surface area contributed by atoms with E-state index in [1.807, 2.05) is 25.1 Å². The summed E-state index contributed by atoms with van der Waals surface area (Å²) in [6.07, 6.45) is -2.44. The maximum absolute atomic E-state index is 12.2. The van der Waals surface area contributed by atoms with Crippen molar-refractivity contribution < 1.29 is 13.5 Å². The van der Waals surface area contributed by atoms with Crippen LogP contribution in [0.15, 0.2) is 18.2 Å². The van der Waals surface area contributed by atoms with Crippen LogP contribution in [0.2, 0.25) is 0 Å². The predicted octanol–water partition coefficient (Wildman–Crippen LogP) is 3.38. The van der Waals surface area contributed by atoms with E-state index in [1.165, 1.54) is 0 Å². The molecule has 0 spiro atoms. The summed E-state index contributed by atoms with van der Waals surface area (Å²) in [4.78, 5) is 0. The monoisotopic (exact) mass is 257 g/mol. The van der Waals surface area contributed by atoms with E-state index < -0.39 is 13.0 Å². The molecular weight excluding hydrogens is 236 g/mol. The van der Waals surface area contributed by atoms with Crippen LogP contribution in [0, 0.1) is 12.8 Å². The lowest BCUT2D eigenvalue weighted by molar-refractivity contribution is 0.0810. The Morgan fingerprint density at radius 2 is 2.00 bits per heavy atom. The maximum atomic E-state index is 12.2. The van der Waals surface area contributed by atoms with Crippen molar-refractivity contribution in [2.45, 2.75) is 33.7 Å². The second-order valence-corrected chi connectivity index (χ2v) is 4.79. The van der Waals surface area contributed by atoms with Crippen molar-refractivity contribution in [1.29, 1.82) is 0 Å². The van der Waals surface area contributed by atoms with Crippen molar-refractivity contribution in [2.75, 3.05) is 13.2 Å². The normalized spacial score (nSPS) is 11.3. The minimum absolute atomic E-state index is 0.554. The van der Waals surface area contributed by atoms with Gasteiger partial charge in [0.05, 0.1) is 0 Å². The lowest BCUT2D eigenvalue weighted by Gasteiger charge is -2.15. The summed E-state index contributed by atoms with van der Waals surface area (Å²) < 4.78 is 29.6. The summed E-state index contributed by atoms with van der Waals surface area (Å²) in [7, 11) is 0. The van der Waals surface area contributed by atoms with E-state index in [0.29, 0.717) is 18.2 Å². The number of hydrogen-bond donors (Lipinski definition) is 1. The summed E-state index contributed by atoms with van der Waals surface area (Å²) in [6, 6.07) is 5.69. The largest absolute Gasteiger partial charge is 0.487 e. The molecule has 18 heavy (non-hydrogen) atoms. The topological polar surface area (TPSA) is 21.3 Å². The van der Waals surface area contributed by atoms with Crippen molar-refractivity contribution in [3.8, 4) is 5.75 Å². The first kappa shape index (κ1) is 14.9. The molecule has 4 heteroatoms. The Bertz CT molecular complexity index is 367. The Labute approximate surface area is 107 Å².